The number of carbonyl (C=O) groups is 1. The molecule has 1 aromatic heterocycles. The molecule has 0 saturated carbocycles. The van der Waals surface area contributed by atoms with Crippen molar-refractivity contribution in [1.82, 2.24) is 14.9 Å². The number of nitrogens with zero attached hydrogens (tertiary/aromatic N) is 2. The first-order chi connectivity index (χ1) is 8.65. The molecule has 18 heavy (non-hydrogen) atoms. The molecule has 0 radical (unpaired) electrons. The topological polar surface area (TPSA) is 56.1 Å². The summed E-state index contributed by atoms with van der Waals surface area (Å²) in [5.41, 5.74) is 0. The summed E-state index contributed by atoms with van der Waals surface area (Å²) >= 11 is 1.46. The van der Waals surface area contributed by atoms with E-state index in [1.165, 1.54) is 11.8 Å². The van der Waals surface area contributed by atoms with Crippen LogP contribution in [0.3, 0.4) is 0 Å². The SMILES string of the molecule is CCOCCCNC(=O)C(C)Sc1nccn1C. The van der Waals surface area contributed by atoms with Crippen LogP contribution in [0.5, 0.6) is 0 Å². The number of aryl methyl sites for hydroxylation is 1. The summed E-state index contributed by atoms with van der Waals surface area (Å²) in [6, 6.07) is 0. The van der Waals surface area contributed by atoms with Crippen molar-refractivity contribution < 1.29 is 9.53 Å². The van der Waals surface area contributed by atoms with Gasteiger partial charge in [0.15, 0.2) is 5.16 Å². The number of hydrogen-bond donors (Lipinski definition) is 1. The smallest absolute Gasteiger partial charge is 0.233 e. The number of ether oxygens (including phenoxy) is 1. The molecule has 0 saturated heterocycles. The summed E-state index contributed by atoms with van der Waals surface area (Å²) in [5.74, 6) is 0.0412. The summed E-state index contributed by atoms with van der Waals surface area (Å²) in [6.07, 6.45) is 4.45. The molecule has 0 aliphatic rings. The van der Waals surface area contributed by atoms with Crippen molar-refractivity contribution in [2.75, 3.05) is 19.8 Å². The molecular formula is C12H21N3O2S. The third-order valence-electron chi connectivity index (χ3n) is 2.40. The van der Waals surface area contributed by atoms with Crippen LogP contribution in [-0.4, -0.2) is 40.5 Å². The number of thioether (sulfide) groups is 1. The van der Waals surface area contributed by atoms with E-state index in [-0.39, 0.29) is 11.2 Å². The zero-order valence-electron chi connectivity index (χ0n) is 11.2. The lowest BCUT2D eigenvalue weighted by Crippen LogP contribution is -2.32. The van der Waals surface area contributed by atoms with Gasteiger partial charge < -0.3 is 14.6 Å². The van der Waals surface area contributed by atoms with E-state index in [1.54, 1.807) is 6.20 Å². The van der Waals surface area contributed by atoms with Crippen molar-refractivity contribution in [2.45, 2.75) is 30.7 Å². The van der Waals surface area contributed by atoms with E-state index in [9.17, 15) is 4.79 Å². The average molecular weight is 271 g/mol. The maximum Gasteiger partial charge on any atom is 0.233 e. The minimum Gasteiger partial charge on any atom is -0.382 e. The summed E-state index contributed by atoms with van der Waals surface area (Å²) in [4.78, 5) is 16.0. The van der Waals surface area contributed by atoms with Crippen molar-refractivity contribution in [3.05, 3.63) is 12.4 Å². The second-order valence-electron chi connectivity index (χ2n) is 3.92. The molecule has 1 amide bonds. The van der Waals surface area contributed by atoms with Gasteiger partial charge in [0.05, 0.1) is 5.25 Å². The van der Waals surface area contributed by atoms with Gasteiger partial charge in [-0.3, -0.25) is 4.79 Å². The zero-order valence-corrected chi connectivity index (χ0v) is 12.0. The maximum atomic E-state index is 11.8. The predicted octanol–water partition coefficient (Wildman–Crippen LogP) is 1.44. The highest BCUT2D eigenvalue weighted by molar-refractivity contribution is 8.00. The number of aromatic nitrogens is 2. The van der Waals surface area contributed by atoms with E-state index >= 15 is 0 Å². The Kier molecular flexibility index (Phi) is 6.82. The molecule has 0 aliphatic carbocycles. The summed E-state index contributed by atoms with van der Waals surface area (Å²) in [7, 11) is 1.92. The first kappa shape index (κ1) is 15.0. The van der Waals surface area contributed by atoms with Crippen LogP contribution in [0.2, 0.25) is 0 Å². The average Bonchev–Trinajstić information content (AvgIpc) is 2.74. The molecule has 0 aromatic carbocycles. The van der Waals surface area contributed by atoms with E-state index in [2.05, 4.69) is 10.3 Å². The minimum atomic E-state index is -0.141. The molecule has 1 N–H and O–H groups in total. The normalized spacial score (nSPS) is 12.4. The largest absolute Gasteiger partial charge is 0.382 e. The summed E-state index contributed by atoms with van der Waals surface area (Å²) in [6.45, 7) is 5.92. The third-order valence-corrected chi connectivity index (χ3v) is 3.57. The number of amides is 1. The van der Waals surface area contributed by atoms with Crippen molar-refractivity contribution in [1.29, 1.82) is 0 Å². The van der Waals surface area contributed by atoms with E-state index in [4.69, 9.17) is 4.74 Å². The molecule has 5 nitrogen and oxygen atoms in total. The number of carbonyl (C=O) groups excluding carboxylic acids is 1. The van der Waals surface area contributed by atoms with Crippen LogP contribution in [0.4, 0.5) is 0 Å². The number of rotatable bonds is 8. The van der Waals surface area contributed by atoms with Gasteiger partial charge in [-0.1, -0.05) is 11.8 Å². The van der Waals surface area contributed by atoms with Crippen molar-refractivity contribution in [2.24, 2.45) is 7.05 Å². The van der Waals surface area contributed by atoms with Gasteiger partial charge in [-0.2, -0.15) is 0 Å². The fraction of sp³-hybridized carbons (Fsp3) is 0.667. The molecule has 1 heterocycles. The zero-order chi connectivity index (χ0) is 13.4. The van der Waals surface area contributed by atoms with E-state index in [1.807, 2.05) is 31.7 Å². The Morgan fingerprint density at radius 1 is 1.67 bits per heavy atom. The van der Waals surface area contributed by atoms with Crippen LogP contribution in [-0.2, 0) is 16.6 Å². The Hall–Kier alpha value is -1.01. The molecular weight excluding hydrogens is 250 g/mol. The van der Waals surface area contributed by atoms with Gasteiger partial charge in [0.2, 0.25) is 5.91 Å². The maximum absolute atomic E-state index is 11.8. The Balaban J connectivity index is 2.23. The Morgan fingerprint density at radius 3 is 3.06 bits per heavy atom. The van der Waals surface area contributed by atoms with E-state index in [0.29, 0.717) is 13.2 Å². The molecule has 0 fully saturated rings. The fourth-order valence-electron chi connectivity index (χ4n) is 1.35. The Morgan fingerprint density at radius 2 is 2.44 bits per heavy atom. The molecule has 0 bridgehead atoms. The van der Waals surface area contributed by atoms with Gasteiger partial charge in [-0.15, -0.1) is 0 Å². The fourth-order valence-corrected chi connectivity index (χ4v) is 2.21. The van der Waals surface area contributed by atoms with Gasteiger partial charge >= 0.3 is 0 Å². The van der Waals surface area contributed by atoms with Gasteiger partial charge in [-0.05, 0) is 20.3 Å². The van der Waals surface area contributed by atoms with E-state index < -0.39 is 0 Å². The van der Waals surface area contributed by atoms with Crippen LogP contribution in [0.25, 0.3) is 0 Å². The standard InChI is InChI=1S/C12H21N3O2S/c1-4-17-9-5-6-13-11(16)10(2)18-12-14-7-8-15(12)3/h7-8,10H,4-6,9H2,1-3H3,(H,13,16). The molecule has 1 aromatic rings. The van der Waals surface area contributed by atoms with Gasteiger partial charge in [-0.25, -0.2) is 4.98 Å². The second kappa shape index (κ2) is 8.16. The molecule has 102 valence electrons. The van der Waals surface area contributed by atoms with Crippen LogP contribution in [0.15, 0.2) is 17.6 Å². The lowest BCUT2D eigenvalue weighted by molar-refractivity contribution is -0.120. The summed E-state index contributed by atoms with van der Waals surface area (Å²) < 4.78 is 7.11. The molecule has 1 unspecified atom stereocenters. The highest BCUT2D eigenvalue weighted by Crippen LogP contribution is 2.20. The molecule has 0 spiro atoms. The second-order valence-corrected chi connectivity index (χ2v) is 5.23. The Labute approximate surface area is 112 Å². The van der Waals surface area contributed by atoms with Crippen LogP contribution in [0, 0.1) is 0 Å². The van der Waals surface area contributed by atoms with Crippen LogP contribution in [0.1, 0.15) is 20.3 Å². The lowest BCUT2D eigenvalue weighted by Gasteiger charge is -2.11. The molecule has 0 aliphatic heterocycles. The van der Waals surface area contributed by atoms with Crippen molar-refractivity contribution in [3.63, 3.8) is 0 Å². The molecule has 6 heteroatoms. The highest BCUT2D eigenvalue weighted by atomic mass is 32.2. The number of nitrogens with one attached hydrogen (secondary N) is 1. The van der Waals surface area contributed by atoms with Gasteiger partial charge in [0.25, 0.3) is 0 Å². The third kappa shape index (κ3) is 5.10. The predicted molar refractivity (Wildman–Crippen MR) is 72.6 cm³/mol. The van der Waals surface area contributed by atoms with Gasteiger partial charge in [0.1, 0.15) is 0 Å². The summed E-state index contributed by atoms with van der Waals surface area (Å²) in [5, 5.41) is 3.61. The monoisotopic (exact) mass is 271 g/mol. The quantitative estimate of drug-likeness (QED) is 0.574. The number of imidazole rings is 1. The number of hydrogen-bond acceptors (Lipinski definition) is 4. The Bertz CT molecular complexity index is 368. The first-order valence-electron chi connectivity index (χ1n) is 6.14. The van der Waals surface area contributed by atoms with Gasteiger partial charge in [0, 0.05) is 39.2 Å². The highest BCUT2D eigenvalue weighted by Gasteiger charge is 2.15. The molecule has 1 rings (SSSR count). The minimum absolute atomic E-state index is 0.0412. The van der Waals surface area contributed by atoms with Crippen molar-refractivity contribution >= 4 is 17.7 Å². The van der Waals surface area contributed by atoms with E-state index in [0.717, 1.165) is 18.2 Å². The first-order valence-corrected chi connectivity index (χ1v) is 7.02. The lowest BCUT2D eigenvalue weighted by atomic mass is 10.4. The van der Waals surface area contributed by atoms with Crippen molar-refractivity contribution in [3.8, 4) is 0 Å². The molecule has 1 atom stereocenters. The van der Waals surface area contributed by atoms with Crippen LogP contribution < -0.4 is 5.32 Å². The van der Waals surface area contributed by atoms with Crippen LogP contribution >= 0.6 is 11.8 Å².